The van der Waals surface area contributed by atoms with Gasteiger partial charge in [0.1, 0.15) is 0 Å². The molecule has 1 aromatic carbocycles. The summed E-state index contributed by atoms with van der Waals surface area (Å²) in [5.41, 5.74) is 2.67. The Morgan fingerprint density at radius 3 is 3.00 bits per heavy atom. The maximum atomic E-state index is 12.8. The Morgan fingerprint density at radius 2 is 2.23 bits per heavy atom. The molecule has 1 N–H and O–H groups in total. The van der Waals surface area contributed by atoms with Crippen molar-refractivity contribution >= 4 is 17.5 Å². The van der Waals surface area contributed by atoms with E-state index in [0.29, 0.717) is 17.1 Å². The van der Waals surface area contributed by atoms with Gasteiger partial charge < -0.3 is 10.2 Å². The van der Waals surface area contributed by atoms with Crippen LogP contribution in [0.4, 0.5) is 0 Å². The van der Waals surface area contributed by atoms with Gasteiger partial charge in [0.05, 0.1) is 11.6 Å². The summed E-state index contributed by atoms with van der Waals surface area (Å²) in [6, 6.07) is 9.57. The molecule has 1 saturated heterocycles. The van der Waals surface area contributed by atoms with Crippen molar-refractivity contribution in [2.24, 2.45) is 0 Å². The van der Waals surface area contributed by atoms with Crippen LogP contribution in [-0.2, 0) is 0 Å². The molecule has 4 nitrogen and oxygen atoms in total. The monoisotopic (exact) mass is 315 g/mol. The van der Waals surface area contributed by atoms with E-state index >= 15 is 0 Å². The van der Waals surface area contributed by atoms with Crippen molar-refractivity contribution in [2.45, 2.75) is 13.0 Å². The Balaban J connectivity index is 1.91. The van der Waals surface area contributed by atoms with Crippen LogP contribution in [0.5, 0.6) is 0 Å². The van der Waals surface area contributed by atoms with Crippen molar-refractivity contribution in [2.75, 3.05) is 19.6 Å². The predicted molar refractivity (Wildman–Crippen MR) is 87.1 cm³/mol. The fourth-order valence-electron chi connectivity index (χ4n) is 2.80. The van der Waals surface area contributed by atoms with E-state index in [0.717, 1.165) is 24.2 Å². The molecule has 0 radical (unpaired) electrons. The largest absolute Gasteiger partial charge is 0.329 e. The topological polar surface area (TPSA) is 45.2 Å². The van der Waals surface area contributed by atoms with Crippen molar-refractivity contribution in [1.29, 1.82) is 0 Å². The highest BCUT2D eigenvalue weighted by atomic mass is 35.5. The number of hydrogen-bond donors (Lipinski definition) is 1. The van der Waals surface area contributed by atoms with Gasteiger partial charge >= 0.3 is 0 Å². The normalized spacial score (nSPS) is 18.3. The summed E-state index contributed by atoms with van der Waals surface area (Å²) < 4.78 is 0. The molecule has 114 valence electrons. The number of aromatic nitrogens is 1. The Morgan fingerprint density at radius 1 is 1.36 bits per heavy atom. The van der Waals surface area contributed by atoms with E-state index in [-0.39, 0.29) is 11.9 Å². The number of nitrogens with one attached hydrogen (secondary N) is 1. The summed E-state index contributed by atoms with van der Waals surface area (Å²) >= 11 is 6.10. The van der Waals surface area contributed by atoms with Gasteiger partial charge in [-0.15, -0.1) is 0 Å². The first-order chi connectivity index (χ1) is 10.6. The van der Waals surface area contributed by atoms with Gasteiger partial charge in [0.15, 0.2) is 0 Å². The molecule has 5 heteroatoms. The van der Waals surface area contributed by atoms with Crippen LogP contribution in [0.3, 0.4) is 0 Å². The number of carbonyl (C=O) groups excluding carboxylic acids is 1. The number of carbonyl (C=O) groups is 1. The minimum Gasteiger partial charge on any atom is -0.329 e. The number of piperazine rings is 1. The van der Waals surface area contributed by atoms with E-state index in [4.69, 9.17) is 11.6 Å². The van der Waals surface area contributed by atoms with Crippen LogP contribution in [0.2, 0.25) is 5.02 Å². The fourth-order valence-corrected chi connectivity index (χ4v) is 3.00. The summed E-state index contributed by atoms with van der Waals surface area (Å²) in [5.74, 6) is 0.0164. The second-order valence-corrected chi connectivity index (χ2v) is 5.96. The lowest BCUT2D eigenvalue weighted by atomic mass is 10.0. The van der Waals surface area contributed by atoms with E-state index in [1.165, 1.54) is 0 Å². The van der Waals surface area contributed by atoms with Gasteiger partial charge in [-0.3, -0.25) is 9.78 Å². The summed E-state index contributed by atoms with van der Waals surface area (Å²) in [4.78, 5) is 18.9. The summed E-state index contributed by atoms with van der Waals surface area (Å²) in [5, 5.41) is 4.04. The first kappa shape index (κ1) is 15.0. The summed E-state index contributed by atoms with van der Waals surface area (Å²) in [6.45, 7) is 4.13. The standard InChI is InChI=1S/C17H18ClN3O/c1-12-7-14(10-20-9-12)17(22)21-6-5-19-11-16(21)13-3-2-4-15(18)8-13/h2-4,7-10,16,19H,5-6,11H2,1H3. The molecule has 2 heterocycles. The van der Waals surface area contributed by atoms with Gasteiger partial charge in [-0.05, 0) is 36.2 Å². The average molecular weight is 316 g/mol. The smallest absolute Gasteiger partial charge is 0.256 e. The number of pyridine rings is 1. The van der Waals surface area contributed by atoms with Crippen LogP contribution in [0, 0.1) is 6.92 Å². The second kappa shape index (κ2) is 6.46. The van der Waals surface area contributed by atoms with Crippen molar-refractivity contribution in [3.05, 3.63) is 64.4 Å². The number of rotatable bonds is 2. The van der Waals surface area contributed by atoms with Crippen molar-refractivity contribution < 1.29 is 4.79 Å². The number of aryl methyl sites for hydroxylation is 1. The zero-order chi connectivity index (χ0) is 15.5. The van der Waals surface area contributed by atoms with E-state index < -0.39 is 0 Å². The molecular weight excluding hydrogens is 298 g/mol. The van der Waals surface area contributed by atoms with Crippen molar-refractivity contribution in [1.82, 2.24) is 15.2 Å². The second-order valence-electron chi connectivity index (χ2n) is 5.52. The highest BCUT2D eigenvalue weighted by molar-refractivity contribution is 6.30. The number of hydrogen-bond acceptors (Lipinski definition) is 3. The van der Waals surface area contributed by atoms with E-state index in [1.807, 2.05) is 42.2 Å². The molecule has 1 aliphatic heterocycles. The zero-order valence-corrected chi connectivity index (χ0v) is 13.2. The molecule has 0 saturated carbocycles. The molecule has 0 bridgehead atoms. The minimum atomic E-state index is -0.0135. The van der Waals surface area contributed by atoms with Gasteiger partial charge in [-0.2, -0.15) is 0 Å². The van der Waals surface area contributed by atoms with Crippen LogP contribution >= 0.6 is 11.6 Å². The van der Waals surface area contributed by atoms with Crippen LogP contribution in [0.25, 0.3) is 0 Å². The predicted octanol–water partition coefficient (Wildman–Crippen LogP) is 2.83. The third-order valence-corrected chi connectivity index (χ3v) is 4.09. The average Bonchev–Trinajstić information content (AvgIpc) is 2.54. The van der Waals surface area contributed by atoms with Crippen LogP contribution in [0.15, 0.2) is 42.7 Å². The van der Waals surface area contributed by atoms with Crippen molar-refractivity contribution in [3.8, 4) is 0 Å². The van der Waals surface area contributed by atoms with Gasteiger partial charge in [0, 0.05) is 37.1 Å². The number of halogens is 1. The number of nitrogens with zero attached hydrogens (tertiary/aromatic N) is 2. The molecule has 1 fully saturated rings. The van der Waals surface area contributed by atoms with Gasteiger partial charge in [-0.1, -0.05) is 23.7 Å². The quantitative estimate of drug-likeness (QED) is 0.927. The number of amides is 1. The molecule has 0 spiro atoms. The molecule has 1 aromatic heterocycles. The molecular formula is C17H18ClN3O. The maximum Gasteiger partial charge on any atom is 0.256 e. The van der Waals surface area contributed by atoms with Gasteiger partial charge in [0.2, 0.25) is 0 Å². The first-order valence-electron chi connectivity index (χ1n) is 7.34. The molecule has 1 amide bonds. The highest BCUT2D eigenvalue weighted by Crippen LogP contribution is 2.26. The SMILES string of the molecule is Cc1cncc(C(=O)N2CCNCC2c2cccc(Cl)c2)c1. The van der Waals surface area contributed by atoms with Crippen LogP contribution in [0.1, 0.15) is 27.5 Å². The maximum absolute atomic E-state index is 12.8. The Labute approximate surface area is 135 Å². The van der Waals surface area contributed by atoms with E-state index in [1.54, 1.807) is 12.4 Å². The fraction of sp³-hybridized carbons (Fsp3) is 0.294. The number of benzene rings is 1. The van der Waals surface area contributed by atoms with E-state index in [2.05, 4.69) is 10.3 Å². The Hall–Kier alpha value is -1.91. The van der Waals surface area contributed by atoms with Crippen LogP contribution < -0.4 is 5.32 Å². The lowest BCUT2D eigenvalue weighted by Gasteiger charge is -2.36. The Kier molecular flexibility index (Phi) is 4.41. The van der Waals surface area contributed by atoms with Crippen LogP contribution in [-0.4, -0.2) is 35.4 Å². The zero-order valence-electron chi connectivity index (χ0n) is 12.4. The summed E-state index contributed by atoms with van der Waals surface area (Å²) in [6.07, 6.45) is 3.38. The molecule has 1 unspecified atom stereocenters. The molecule has 1 atom stereocenters. The molecule has 3 rings (SSSR count). The minimum absolute atomic E-state index is 0.0135. The van der Waals surface area contributed by atoms with Gasteiger partial charge in [0.25, 0.3) is 5.91 Å². The lowest BCUT2D eigenvalue weighted by molar-refractivity contribution is 0.0634. The van der Waals surface area contributed by atoms with Crippen molar-refractivity contribution in [3.63, 3.8) is 0 Å². The summed E-state index contributed by atoms with van der Waals surface area (Å²) in [7, 11) is 0. The molecule has 0 aliphatic carbocycles. The highest BCUT2D eigenvalue weighted by Gasteiger charge is 2.28. The molecule has 22 heavy (non-hydrogen) atoms. The van der Waals surface area contributed by atoms with Gasteiger partial charge in [-0.25, -0.2) is 0 Å². The molecule has 2 aromatic rings. The third kappa shape index (κ3) is 3.13. The van der Waals surface area contributed by atoms with E-state index in [9.17, 15) is 4.79 Å². The lowest BCUT2D eigenvalue weighted by Crippen LogP contribution is -2.48. The molecule has 1 aliphatic rings. The Bertz CT molecular complexity index is 689. The third-order valence-electron chi connectivity index (χ3n) is 3.86. The first-order valence-corrected chi connectivity index (χ1v) is 7.72.